The number of anilines is 2. The highest BCUT2D eigenvalue weighted by Gasteiger charge is 2.33. The molecule has 1 aliphatic heterocycles. The van der Waals surface area contributed by atoms with Crippen molar-refractivity contribution < 1.29 is 13.2 Å². The second kappa shape index (κ2) is 6.69. The Morgan fingerprint density at radius 2 is 2.29 bits per heavy atom. The van der Waals surface area contributed by atoms with Crippen LogP contribution in [0.4, 0.5) is 11.5 Å². The highest BCUT2D eigenvalue weighted by Crippen LogP contribution is 2.33. The van der Waals surface area contributed by atoms with Gasteiger partial charge in [0, 0.05) is 24.3 Å². The van der Waals surface area contributed by atoms with Crippen LogP contribution in [0.2, 0.25) is 0 Å². The third-order valence-electron chi connectivity index (χ3n) is 3.12. The average Bonchev–Trinajstić information content (AvgIpc) is 2.45. The van der Waals surface area contributed by atoms with Gasteiger partial charge < -0.3 is 15.4 Å². The Labute approximate surface area is 129 Å². The average molecular weight is 332 g/mol. The monoisotopic (exact) mass is 332 g/mol. The van der Waals surface area contributed by atoms with Crippen LogP contribution in [0, 0.1) is 0 Å². The number of nitrogen functional groups attached to an aromatic ring is 1. The van der Waals surface area contributed by atoms with E-state index in [2.05, 4.69) is 9.97 Å². The molecule has 2 rings (SSSR count). The number of ether oxygens (including phenoxy) is 1. The number of hydrogen-bond donors (Lipinski definition) is 1. The van der Waals surface area contributed by atoms with E-state index in [4.69, 9.17) is 10.5 Å². The standard InChI is InChI=1S/C12H20N4O3S2/c1-3-5-19-12-10(13)11(14-8-15-12)16-4-6-20-7-9(16)21(2,17)18/h8-9H,3-7,13H2,1-2H3. The molecule has 0 aromatic carbocycles. The summed E-state index contributed by atoms with van der Waals surface area (Å²) < 4.78 is 29.4. The fourth-order valence-corrected chi connectivity index (χ4v) is 4.91. The summed E-state index contributed by atoms with van der Waals surface area (Å²) in [5, 5.41) is -0.618. The van der Waals surface area contributed by atoms with Gasteiger partial charge in [-0.05, 0) is 6.42 Å². The molecule has 1 aliphatic rings. The van der Waals surface area contributed by atoms with Crippen LogP contribution in [0.15, 0.2) is 6.33 Å². The topological polar surface area (TPSA) is 98.4 Å². The Kier molecular flexibility index (Phi) is 5.15. The Morgan fingerprint density at radius 1 is 1.52 bits per heavy atom. The lowest BCUT2D eigenvalue weighted by Crippen LogP contribution is -2.47. The second-order valence-corrected chi connectivity index (χ2v) is 8.17. The van der Waals surface area contributed by atoms with E-state index in [1.165, 1.54) is 12.6 Å². The van der Waals surface area contributed by atoms with Crippen LogP contribution in [0.5, 0.6) is 5.88 Å². The largest absolute Gasteiger partial charge is 0.476 e. The summed E-state index contributed by atoms with van der Waals surface area (Å²) in [5.41, 5.74) is 6.36. The van der Waals surface area contributed by atoms with Crippen molar-refractivity contribution in [1.29, 1.82) is 0 Å². The van der Waals surface area contributed by atoms with Gasteiger partial charge in [0.15, 0.2) is 15.7 Å². The molecule has 1 saturated heterocycles. The molecule has 0 saturated carbocycles. The fraction of sp³-hybridized carbons (Fsp3) is 0.667. The van der Waals surface area contributed by atoms with Gasteiger partial charge in [0.25, 0.3) is 0 Å². The van der Waals surface area contributed by atoms with Crippen LogP contribution in [0.1, 0.15) is 13.3 Å². The summed E-state index contributed by atoms with van der Waals surface area (Å²) in [6.45, 7) is 3.07. The van der Waals surface area contributed by atoms with E-state index in [1.807, 2.05) is 6.92 Å². The molecule has 2 heterocycles. The first kappa shape index (κ1) is 16.2. The van der Waals surface area contributed by atoms with Gasteiger partial charge in [-0.25, -0.2) is 13.4 Å². The Morgan fingerprint density at radius 3 is 2.95 bits per heavy atom. The first-order valence-corrected chi connectivity index (χ1v) is 9.82. The van der Waals surface area contributed by atoms with E-state index in [9.17, 15) is 8.42 Å². The van der Waals surface area contributed by atoms with Crippen molar-refractivity contribution in [2.75, 3.05) is 41.5 Å². The SMILES string of the molecule is CCCOc1ncnc(N2CCSCC2S(C)(=O)=O)c1N. The van der Waals surface area contributed by atoms with Crippen LogP contribution in [-0.2, 0) is 9.84 Å². The van der Waals surface area contributed by atoms with Crippen LogP contribution in [0.3, 0.4) is 0 Å². The third-order valence-corrected chi connectivity index (χ3v) is 5.76. The van der Waals surface area contributed by atoms with Crippen molar-refractivity contribution in [2.24, 2.45) is 0 Å². The molecular formula is C12H20N4O3S2. The van der Waals surface area contributed by atoms with Gasteiger partial charge in [0.05, 0.1) is 6.61 Å². The predicted molar refractivity (Wildman–Crippen MR) is 85.5 cm³/mol. The molecule has 21 heavy (non-hydrogen) atoms. The highest BCUT2D eigenvalue weighted by atomic mass is 32.2. The van der Waals surface area contributed by atoms with E-state index >= 15 is 0 Å². The number of hydrogen-bond acceptors (Lipinski definition) is 8. The summed E-state index contributed by atoms with van der Waals surface area (Å²) in [7, 11) is -3.22. The lowest BCUT2D eigenvalue weighted by Gasteiger charge is -2.35. The van der Waals surface area contributed by atoms with Gasteiger partial charge in [0.2, 0.25) is 5.88 Å². The number of thioether (sulfide) groups is 1. The lowest BCUT2D eigenvalue weighted by molar-refractivity contribution is 0.306. The minimum Gasteiger partial charge on any atom is -0.476 e. The van der Waals surface area contributed by atoms with Gasteiger partial charge in [-0.3, -0.25) is 0 Å². The maximum absolute atomic E-state index is 12.0. The first-order valence-electron chi connectivity index (χ1n) is 6.71. The first-order chi connectivity index (χ1) is 9.95. The maximum Gasteiger partial charge on any atom is 0.242 e. The Bertz CT molecular complexity index is 594. The zero-order valence-corrected chi connectivity index (χ0v) is 13.8. The van der Waals surface area contributed by atoms with Gasteiger partial charge in [-0.1, -0.05) is 6.92 Å². The third kappa shape index (κ3) is 3.70. The fourth-order valence-electron chi connectivity index (χ4n) is 2.09. The minimum absolute atomic E-state index is 0.298. The zero-order chi connectivity index (χ0) is 15.5. The summed E-state index contributed by atoms with van der Waals surface area (Å²) in [5.74, 6) is 2.09. The van der Waals surface area contributed by atoms with E-state index < -0.39 is 15.2 Å². The summed E-state index contributed by atoms with van der Waals surface area (Å²) in [6.07, 6.45) is 3.44. The van der Waals surface area contributed by atoms with Crippen LogP contribution in [0.25, 0.3) is 0 Å². The van der Waals surface area contributed by atoms with Gasteiger partial charge in [-0.2, -0.15) is 16.7 Å². The van der Waals surface area contributed by atoms with Crippen molar-refractivity contribution in [2.45, 2.75) is 18.7 Å². The molecule has 118 valence electrons. The number of nitrogens with two attached hydrogens (primary N) is 1. The number of nitrogens with zero attached hydrogens (tertiary/aromatic N) is 3. The molecule has 2 N–H and O–H groups in total. The van der Waals surface area contributed by atoms with Crippen molar-refractivity contribution in [1.82, 2.24) is 9.97 Å². The van der Waals surface area contributed by atoms with Gasteiger partial charge in [0.1, 0.15) is 17.4 Å². The summed E-state index contributed by atoms with van der Waals surface area (Å²) in [4.78, 5) is 9.93. The van der Waals surface area contributed by atoms with Gasteiger partial charge >= 0.3 is 0 Å². The summed E-state index contributed by atoms with van der Waals surface area (Å²) >= 11 is 1.62. The molecule has 9 heteroatoms. The van der Waals surface area contributed by atoms with Crippen LogP contribution in [-0.4, -0.2) is 54.7 Å². The highest BCUT2D eigenvalue weighted by molar-refractivity contribution is 8.01. The number of sulfone groups is 1. The molecule has 7 nitrogen and oxygen atoms in total. The molecule has 1 atom stereocenters. The molecule has 0 aliphatic carbocycles. The molecule has 0 bridgehead atoms. The van der Waals surface area contributed by atoms with Gasteiger partial charge in [-0.15, -0.1) is 0 Å². The molecule has 0 amide bonds. The molecule has 1 fully saturated rings. The van der Waals surface area contributed by atoms with Crippen LogP contribution >= 0.6 is 11.8 Å². The number of rotatable bonds is 5. The van der Waals surface area contributed by atoms with Crippen molar-refractivity contribution >= 4 is 33.1 Å². The van der Waals surface area contributed by atoms with E-state index in [-0.39, 0.29) is 0 Å². The number of aromatic nitrogens is 2. The maximum atomic E-state index is 12.0. The smallest absolute Gasteiger partial charge is 0.242 e. The second-order valence-electron chi connectivity index (χ2n) is 4.82. The van der Waals surface area contributed by atoms with Crippen molar-refractivity contribution in [3.05, 3.63) is 6.33 Å². The predicted octanol–water partition coefficient (Wildman–Crippen LogP) is 0.771. The molecule has 0 spiro atoms. The molecule has 0 radical (unpaired) electrons. The van der Waals surface area contributed by atoms with E-state index in [0.717, 1.165) is 12.2 Å². The minimum atomic E-state index is -3.22. The normalized spacial score (nSPS) is 19.5. The summed E-state index contributed by atoms with van der Waals surface area (Å²) in [6, 6.07) is 0. The lowest BCUT2D eigenvalue weighted by atomic mass is 10.4. The molecule has 1 aromatic rings. The molecular weight excluding hydrogens is 312 g/mol. The van der Waals surface area contributed by atoms with E-state index in [1.54, 1.807) is 16.7 Å². The quantitative estimate of drug-likeness (QED) is 0.844. The zero-order valence-electron chi connectivity index (χ0n) is 12.2. The molecule has 1 unspecified atom stereocenters. The van der Waals surface area contributed by atoms with Crippen molar-refractivity contribution in [3.63, 3.8) is 0 Å². The van der Waals surface area contributed by atoms with E-state index in [0.29, 0.717) is 36.3 Å². The van der Waals surface area contributed by atoms with Crippen LogP contribution < -0.4 is 15.4 Å². The molecule has 1 aromatic heterocycles. The van der Waals surface area contributed by atoms with Crippen molar-refractivity contribution in [3.8, 4) is 5.88 Å². The Balaban J connectivity index is 2.35. The Hall–Kier alpha value is -1.22.